The Balaban J connectivity index is 4.35. The molecule has 9 nitrogen and oxygen atoms in total. The van der Waals surface area contributed by atoms with Crippen molar-refractivity contribution in [3.8, 4) is 0 Å². The van der Waals surface area contributed by atoms with Gasteiger partial charge in [0.1, 0.15) is 13.2 Å². The molecule has 0 fully saturated rings. The molecule has 0 aliphatic rings. The molecule has 334 valence electrons. The van der Waals surface area contributed by atoms with Crippen LogP contribution in [0.3, 0.4) is 0 Å². The molecule has 2 unspecified atom stereocenters. The van der Waals surface area contributed by atoms with Crippen molar-refractivity contribution in [2.24, 2.45) is 0 Å². The van der Waals surface area contributed by atoms with Gasteiger partial charge in [0.25, 0.3) is 0 Å². The number of allylic oxidation sites excluding steroid dienone is 4. The minimum Gasteiger partial charge on any atom is -0.545 e. The third-order valence-electron chi connectivity index (χ3n) is 10.2. The van der Waals surface area contributed by atoms with Crippen LogP contribution in [0.1, 0.15) is 206 Å². The van der Waals surface area contributed by atoms with Gasteiger partial charge in [-0.15, -0.1) is 0 Å². The molecule has 2 atom stereocenters. The summed E-state index contributed by atoms with van der Waals surface area (Å²) in [5.74, 6) is -2.28. The van der Waals surface area contributed by atoms with Crippen molar-refractivity contribution in [2.75, 3.05) is 47.5 Å². The number of hydrogen-bond acceptors (Lipinski definition) is 8. The number of nitrogens with zero attached hydrogens (tertiary/aromatic N) is 1. The van der Waals surface area contributed by atoms with Gasteiger partial charge in [-0.2, -0.15) is 0 Å². The van der Waals surface area contributed by atoms with Crippen molar-refractivity contribution in [1.82, 2.24) is 0 Å². The van der Waals surface area contributed by atoms with E-state index in [4.69, 9.17) is 18.9 Å². The molecule has 57 heavy (non-hydrogen) atoms. The third kappa shape index (κ3) is 41.7. The number of carboxylic acids is 1. The number of carbonyl (C=O) groups is 3. The van der Waals surface area contributed by atoms with Crippen LogP contribution in [-0.2, 0) is 33.3 Å². The summed E-state index contributed by atoms with van der Waals surface area (Å²) < 4.78 is 22.5. The van der Waals surface area contributed by atoms with E-state index in [1.54, 1.807) is 0 Å². The molecule has 0 aromatic heterocycles. The van der Waals surface area contributed by atoms with Gasteiger partial charge in [0.2, 0.25) is 0 Å². The normalized spacial score (nSPS) is 13.1. The SMILES string of the molecule is CCCCCCC/C=C\C/C=C\CCCCCCCCCCCC(=O)OC(COC(=O)CCCCCCCCCCCCC)COC(OCC[N+](C)(C)C)C(=O)[O-]. The number of likely N-dealkylation sites (N-methyl/N-ethyl adjacent to an activating group) is 1. The topological polar surface area (TPSA) is 111 Å². The zero-order valence-corrected chi connectivity index (χ0v) is 37.7. The van der Waals surface area contributed by atoms with Gasteiger partial charge in [-0.05, 0) is 44.9 Å². The summed E-state index contributed by atoms with van der Waals surface area (Å²) in [6, 6.07) is 0. The second kappa shape index (κ2) is 40.5. The van der Waals surface area contributed by atoms with E-state index in [9.17, 15) is 19.5 Å². The predicted octanol–water partition coefficient (Wildman–Crippen LogP) is 11.1. The number of quaternary nitrogens is 1. The number of esters is 2. The monoisotopic (exact) mass is 808 g/mol. The molecule has 0 heterocycles. The van der Waals surface area contributed by atoms with Gasteiger partial charge in [0.05, 0.1) is 40.3 Å². The fourth-order valence-electron chi connectivity index (χ4n) is 6.51. The van der Waals surface area contributed by atoms with Gasteiger partial charge in [0, 0.05) is 12.8 Å². The first-order valence-electron chi connectivity index (χ1n) is 23.5. The van der Waals surface area contributed by atoms with Crippen LogP contribution in [0, 0.1) is 0 Å². The molecule has 0 saturated carbocycles. The number of ether oxygens (including phenoxy) is 4. The Morgan fingerprint density at radius 2 is 0.947 bits per heavy atom. The molecule has 0 N–H and O–H groups in total. The van der Waals surface area contributed by atoms with Crippen molar-refractivity contribution in [3.63, 3.8) is 0 Å². The average molecular weight is 808 g/mol. The Labute approximate surface area is 350 Å². The third-order valence-corrected chi connectivity index (χ3v) is 10.2. The fraction of sp³-hybridized carbons (Fsp3) is 0.854. The fourth-order valence-corrected chi connectivity index (χ4v) is 6.51. The van der Waals surface area contributed by atoms with E-state index in [1.165, 1.54) is 122 Å². The lowest BCUT2D eigenvalue weighted by molar-refractivity contribution is -0.870. The number of hydrogen-bond donors (Lipinski definition) is 0. The van der Waals surface area contributed by atoms with Gasteiger partial charge < -0.3 is 33.3 Å². The van der Waals surface area contributed by atoms with Crippen LogP contribution < -0.4 is 5.11 Å². The van der Waals surface area contributed by atoms with Crippen LogP contribution in [0.4, 0.5) is 0 Å². The van der Waals surface area contributed by atoms with Crippen molar-refractivity contribution in [3.05, 3.63) is 24.3 Å². The van der Waals surface area contributed by atoms with E-state index < -0.39 is 24.3 Å². The van der Waals surface area contributed by atoms with E-state index in [-0.39, 0.29) is 32.2 Å². The molecular weight excluding hydrogens is 719 g/mol. The highest BCUT2D eigenvalue weighted by Crippen LogP contribution is 2.15. The number of carbonyl (C=O) groups excluding carboxylic acids is 3. The summed E-state index contributed by atoms with van der Waals surface area (Å²) in [4.78, 5) is 37.0. The van der Waals surface area contributed by atoms with E-state index in [0.717, 1.165) is 51.4 Å². The number of carboxylic acid groups (broad SMARTS) is 1. The van der Waals surface area contributed by atoms with Crippen LogP contribution >= 0.6 is 0 Å². The Bertz CT molecular complexity index is 991. The smallest absolute Gasteiger partial charge is 0.306 e. The molecule has 0 bridgehead atoms. The quantitative estimate of drug-likeness (QED) is 0.0197. The standard InChI is InChI=1S/C48H89NO8/c1-6-8-10-12-14-16-18-19-20-21-22-23-24-25-26-27-29-31-33-35-37-39-46(51)57-44(43-56-48(47(52)53)54-41-40-49(3,4)5)42-55-45(50)38-36-34-32-30-28-17-15-13-11-9-7-2/h18-19,21-22,44,48H,6-17,20,23-43H2,1-5H3/b19-18-,22-21-. The molecule has 9 heteroatoms. The molecule has 0 aromatic carbocycles. The minimum absolute atomic E-state index is 0.149. The zero-order chi connectivity index (χ0) is 42.1. The maximum atomic E-state index is 12.8. The summed E-state index contributed by atoms with van der Waals surface area (Å²) in [5.41, 5.74) is 0. The first kappa shape index (κ1) is 54.8. The lowest BCUT2D eigenvalue weighted by Crippen LogP contribution is -2.44. The first-order chi connectivity index (χ1) is 27.6. The summed E-state index contributed by atoms with van der Waals surface area (Å²) in [6.07, 6.45) is 40.6. The molecule has 0 radical (unpaired) electrons. The second-order valence-corrected chi connectivity index (χ2v) is 17.1. The van der Waals surface area contributed by atoms with Crippen molar-refractivity contribution in [1.29, 1.82) is 0 Å². The lowest BCUT2D eigenvalue weighted by atomic mass is 10.1. The first-order valence-corrected chi connectivity index (χ1v) is 23.5. The summed E-state index contributed by atoms with van der Waals surface area (Å²) in [7, 11) is 5.91. The van der Waals surface area contributed by atoms with E-state index >= 15 is 0 Å². The Morgan fingerprint density at radius 3 is 1.39 bits per heavy atom. The molecule has 0 spiro atoms. The van der Waals surface area contributed by atoms with E-state index in [2.05, 4.69) is 38.2 Å². The number of rotatable bonds is 43. The summed E-state index contributed by atoms with van der Waals surface area (Å²) >= 11 is 0. The largest absolute Gasteiger partial charge is 0.545 e. The van der Waals surface area contributed by atoms with Crippen molar-refractivity contribution >= 4 is 17.9 Å². The highest BCUT2D eigenvalue weighted by atomic mass is 16.7. The Hall–Kier alpha value is -2.23. The van der Waals surface area contributed by atoms with Gasteiger partial charge in [-0.1, -0.05) is 173 Å². The van der Waals surface area contributed by atoms with E-state index in [1.807, 2.05) is 21.1 Å². The molecule has 0 saturated heterocycles. The molecule has 0 rings (SSSR count). The molecule has 0 amide bonds. The maximum Gasteiger partial charge on any atom is 0.306 e. The highest BCUT2D eigenvalue weighted by molar-refractivity contribution is 5.70. The van der Waals surface area contributed by atoms with Crippen LogP contribution in [0.2, 0.25) is 0 Å². The Kier molecular flexibility index (Phi) is 39.0. The zero-order valence-electron chi connectivity index (χ0n) is 37.7. The second-order valence-electron chi connectivity index (χ2n) is 17.1. The van der Waals surface area contributed by atoms with Crippen LogP contribution in [0.25, 0.3) is 0 Å². The van der Waals surface area contributed by atoms with Gasteiger partial charge in [-0.25, -0.2) is 0 Å². The molecule has 0 aliphatic carbocycles. The molecular formula is C48H89NO8. The van der Waals surface area contributed by atoms with Gasteiger partial charge in [-0.3, -0.25) is 9.59 Å². The van der Waals surface area contributed by atoms with Gasteiger partial charge >= 0.3 is 11.9 Å². The molecule has 0 aromatic rings. The van der Waals surface area contributed by atoms with Crippen LogP contribution in [-0.4, -0.2) is 82.3 Å². The maximum absolute atomic E-state index is 12.8. The Morgan fingerprint density at radius 1 is 0.526 bits per heavy atom. The van der Waals surface area contributed by atoms with Crippen LogP contribution in [0.15, 0.2) is 24.3 Å². The average Bonchev–Trinajstić information content (AvgIpc) is 3.17. The van der Waals surface area contributed by atoms with Crippen molar-refractivity contribution in [2.45, 2.75) is 219 Å². The summed E-state index contributed by atoms with van der Waals surface area (Å²) in [5, 5.41) is 11.7. The van der Waals surface area contributed by atoms with Crippen molar-refractivity contribution < 1.29 is 42.9 Å². The number of aliphatic carboxylic acids is 1. The minimum atomic E-state index is -1.62. The number of unbranched alkanes of at least 4 members (excludes halogenated alkanes) is 24. The van der Waals surface area contributed by atoms with Crippen LogP contribution in [0.5, 0.6) is 0 Å². The summed E-state index contributed by atoms with van der Waals surface area (Å²) in [6.45, 7) is 4.73. The highest BCUT2D eigenvalue weighted by Gasteiger charge is 2.21. The van der Waals surface area contributed by atoms with E-state index in [0.29, 0.717) is 23.9 Å². The van der Waals surface area contributed by atoms with Gasteiger partial charge in [0.15, 0.2) is 12.4 Å². The predicted molar refractivity (Wildman–Crippen MR) is 233 cm³/mol. The molecule has 0 aliphatic heterocycles. The lowest BCUT2D eigenvalue weighted by Gasteiger charge is -2.26.